The third kappa shape index (κ3) is 2.76. The molecule has 4 unspecified atom stereocenters. The van der Waals surface area contributed by atoms with Crippen LogP contribution in [0.15, 0.2) is 42.5 Å². The number of rotatable bonds is 5. The molecule has 2 amide bonds. The van der Waals surface area contributed by atoms with Crippen LogP contribution in [-0.4, -0.2) is 45.0 Å². The Balaban J connectivity index is 1.76. The van der Waals surface area contributed by atoms with Gasteiger partial charge in [-0.1, -0.05) is 41.9 Å². The average Bonchev–Trinajstić information content (AvgIpc) is 3.33. The van der Waals surface area contributed by atoms with Gasteiger partial charge in [-0.05, 0) is 17.7 Å². The number of halogens is 1. The molecule has 0 bridgehead atoms. The lowest BCUT2D eigenvalue weighted by molar-refractivity contribution is -0.153. The summed E-state index contributed by atoms with van der Waals surface area (Å²) in [6, 6.07) is 11.6. The van der Waals surface area contributed by atoms with Crippen LogP contribution in [0.3, 0.4) is 0 Å². The van der Waals surface area contributed by atoms with Crippen molar-refractivity contribution in [1.82, 2.24) is 10.2 Å². The molecule has 9 heteroatoms. The summed E-state index contributed by atoms with van der Waals surface area (Å²) in [4.78, 5) is 40.1. The fourth-order valence-electron chi connectivity index (χ4n) is 4.13. The van der Waals surface area contributed by atoms with E-state index in [1.54, 1.807) is 36.4 Å². The molecular weight excluding hydrogens is 404 g/mol. The third-order valence-corrected chi connectivity index (χ3v) is 6.77. The highest BCUT2D eigenvalue weighted by atomic mass is 35.5. The summed E-state index contributed by atoms with van der Waals surface area (Å²) in [6.07, 6.45) is 0. The number of aliphatic hydroxyl groups is 1. The lowest BCUT2D eigenvalue weighted by Gasteiger charge is -2.29. The normalized spacial score (nSPS) is 29.4. The minimum atomic E-state index is -1.93. The number of hydrogen-bond acceptors (Lipinski definition) is 6. The second-order valence-electron chi connectivity index (χ2n) is 6.95. The standard InChI is InChI=1S/C19H17ClN2O5S/c20-12-7-6-11(28-12)15-13-14(19(9-23,21-15)18(26)27)17(25)22(16(13)24)8-10-4-2-1-3-5-10/h1-7,13-15,21,23H,8-9H2,(H,26,27). The molecule has 1 aromatic carbocycles. The summed E-state index contributed by atoms with van der Waals surface area (Å²) in [5.74, 6) is -4.52. The number of aliphatic hydroxyl groups excluding tert-OH is 1. The number of carbonyl (C=O) groups is 3. The van der Waals surface area contributed by atoms with Crippen molar-refractivity contribution >= 4 is 40.7 Å². The minimum Gasteiger partial charge on any atom is -0.480 e. The molecule has 1 aromatic heterocycles. The van der Waals surface area contributed by atoms with Crippen LogP contribution < -0.4 is 5.32 Å². The van der Waals surface area contributed by atoms with Crippen LogP contribution in [-0.2, 0) is 20.9 Å². The van der Waals surface area contributed by atoms with Gasteiger partial charge in [0.1, 0.15) is 0 Å². The zero-order valence-electron chi connectivity index (χ0n) is 14.5. The largest absolute Gasteiger partial charge is 0.480 e. The van der Waals surface area contributed by atoms with Crippen LogP contribution in [0.1, 0.15) is 16.5 Å². The summed E-state index contributed by atoms with van der Waals surface area (Å²) in [5, 5.41) is 22.6. The summed E-state index contributed by atoms with van der Waals surface area (Å²) < 4.78 is 0.489. The minimum absolute atomic E-state index is 0.0601. The molecule has 3 N–H and O–H groups in total. The highest BCUT2D eigenvalue weighted by molar-refractivity contribution is 7.16. The van der Waals surface area contributed by atoms with Crippen molar-refractivity contribution in [2.75, 3.05) is 6.61 Å². The van der Waals surface area contributed by atoms with Crippen molar-refractivity contribution in [3.63, 3.8) is 0 Å². The molecule has 0 aliphatic carbocycles. The molecule has 4 rings (SSSR count). The van der Waals surface area contributed by atoms with Crippen LogP contribution in [0.5, 0.6) is 0 Å². The fourth-order valence-corrected chi connectivity index (χ4v) is 5.29. The Morgan fingerprint density at radius 2 is 1.89 bits per heavy atom. The number of aliphatic carboxylic acids is 1. The maximum absolute atomic E-state index is 13.2. The van der Waals surface area contributed by atoms with Crippen molar-refractivity contribution in [2.24, 2.45) is 11.8 Å². The zero-order valence-corrected chi connectivity index (χ0v) is 16.1. The molecule has 2 saturated heterocycles. The van der Waals surface area contributed by atoms with E-state index in [2.05, 4.69) is 5.32 Å². The number of hydrogen-bond donors (Lipinski definition) is 3. The summed E-state index contributed by atoms with van der Waals surface area (Å²) in [5.41, 5.74) is -1.16. The van der Waals surface area contributed by atoms with E-state index in [1.807, 2.05) is 6.07 Å². The second-order valence-corrected chi connectivity index (χ2v) is 8.70. The maximum atomic E-state index is 13.2. The second kappa shape index (κ2) is 6.97. The van der Waals surface area contributed by atoms with E-state index in [0.29, 0.717) is 9.21 Å². The predicted molar refractivity (Wildman–Crippen MR) is 102 cm³/mol. The number of benzene rings is 1. The molecule has 146 valence electrons. The van der Waals surface area contributed by atoms with Crippen molar-refractivity contribution < 1.29 is 24.6 Å². The Morgan fingerprint density at radius 1 is 1.18 bits per heavy atom. The molecular formula is C19H17ClN2O5S. The number of carboxylic acids is 1. The Hall–Kier alpha value is -2.26. The van der Waals surface area contributed by atoms with Gasteiger partial charge in [0.25, 0.3) is 0 Å². The van der Waals surface area contributed by atoms with Crippen LogP contribution >= 0.6 is 22.9 Å². The predicted octanol–water partition coefficient (Wildman–Crippen LogP) is 1.66. The van der Waals surface area contributed by atoms with E-state index in [9.17, 15) is 24.6 Å². The molecule has 2 aliphatic rings. The highest BCUT2D eigenvalue weighted by Gasteiger charge is 2.68. The molecule has 0 radical (unpaired) electrons. The van der Waals surface area contributed by atoms with E-state index < -0.39 is 47.8 Å². The molecule has 2 aromatic rings. The van der Waals surface area contributed by atoms with E-state index in [-0.39, 0.29) is 6.54 Å². The summed E-state index contributed by atoms with van der Waals surface area (Å²) in [7, 11) is 0. The number of likely N-dealkylation sites (tertiary alicyclic amines) is 1. The van der Waals surface area contributed by atoms with Gasteiger partial charge in [0.15, 0.2) is 5.54 Å². The van der Waals surface area contributed by atoms with E-state index >= 15 is 0 Å². The zero-order chi connectivity index (χ0) is 20.1. The van der Waals surface area contributed by atoms with Crippen molar-refractivity contribution in [3.05, 3.63) is 57.2 Å². The molecule has 0 spiro atoms. The first kappa shape index (κ1) is 19.1. The Bertz CT molecular complexity index is 949. The quantitative estimate of drug-likeness (QED) is 0.635. The first-order chi connectivity index (χ1) is 13.4. The number of nitrogens with one attached hydrogen (secondary N) is 1. The molecule has 0 saturated carbocycles. The number of thiophene rings is 1. The van der Waals surface area contributed by atoms with Gasteiger partial charge in [-0.2, -0.15) is 0 Å². The van der Waals surface area contributed by atoms with Gasteiger partial charge in [0, 0.05) is 4.88 Å². The molecule has 3 heterocycles. The molecule has 7 nitrogen and oxygen atoms in total. The summed E-state index contributed by atoms with van der Waals surface area (Å²) >= 11 is 7.22. The van der Waals surface area contributed by atoms with Gasteiger partial charge >= 0.3 is 5.97 Å². The first-order valence-corrected chi connectivity index (χ1v) is 9.85. The Labute approximate surface area is 169 Å². The SMILES string of the molecule is O=C1C2C(c3ccc(Cl)s3)NC(CO)(C(=O)O)C2C(=O)N1Cc1ccccc1. The Kier molecular flexibility index (Phi) is 4.75. The molecule has 4 atom stereocenters. The van der Waals surface area contributed by atoms with Crippen molar-refractivity contribution in [2.45, 2.75) is 18.1 Å². The number of imide groups is 1. The van der Waals surface area contributed by atoms with Crippen molar-refractivity contribution in [3.8, 4) is 0 Å². The van der Waals surface area contributed by atoms with Gasteiger partial charge in [-0.3, -0.25) is 24.6 Å². The fraction of sp³-hybridized carbons (Fsp3) is 0.316. The number of carbonyl (C=O) groups excluding carboxylic acids is 2. The van der Waals surface area contributed by atoms with Gasteiger partial charge in [-0.25, -0.2) is 0 Å². The van der Waals surface area contributed by atoms with Gasteiger partial charge in [-0.15, -0.1) is 11.3 Å². The topological polar surface area (TPSA) is 107 Å². The van der Waals surface area contributed by atoms with Crippen LogP contribution in [0, 0.1) is 11.8 Å². The lowest BCUT2D eigenvalue weighted by atomic mass is 9.80. The average molecular weight is 421 g/mol. The molecule has 2 fully saturated rings. The monoisotopic (exact) mass is 420 g/mol. The van der Waals surface area contributed by atoms with E-state index in [0.717, 1.165) is 10.5 Å². The smallest absolute Gasteiger partial charge is 0.327 e. The van der Waals surface area contributed by atoms with E-state index in [4.69, 9.17) is 11.6 Å². The Morgan fingerprint density at radius 3 is 2.46 bits per heavy atom. The maximum Gasteiger partial charge on any atom is 0.327 e. The number of carboxylic acid groups (broad SMARTS) is 1. The van der Waals surface area contributed by atoms with E-state index in [1.165, 1.54) is 11.3 Å². The third-order valence-electron chi connectivity index (χ3n) is 5.46. The first-order valence-electron chi connectivity index (χ1n) is 8.65. The number of fused-ring (bicyclic) bond motifs is 1. The highest BCUT2D eigenvalue weighted by Crippen LogP contribution is 2.50. The molecule has 2 aliphatic heterocycles. The summed E-state index contributed by atoms with van der Waals surface area (Å²) in [6.45, 7) is -0.748. The van der Waals surface area contributed by atoms with Crippen LogP contribution in [0.2, 0.25) is 4.34 Å². The lowest BCUT2D eigenvalue weighted by Crippen LogP contribution is -2.58. The van der Waals surface area contributed by atoms with Gasteiger partial charge in [0.05, 0.1) is 35.4 Å². The number of amides is 2. The van der Waals surface area contributed by atoms with Gasteiger partial charge in [0.2, 0.25) is 11.8 Å². The number of nitrogens with zero attached hydrogens (tertiary/aromatic N) is 1. The molecule has 28 heavy (non-hydrogen) atoms. The van der Waals surface area contributed by atoms with Gasteiger partial charge < -0.3 is 10.2 Å². The van der Waals surface area contributed by atoms with Crippen LogP contribution in [0.4, 0.5) is 0 Å². The van der Waals surface area contributed by atoms with Crippen molar-refractivity contribution in [1.29, 1.82) is 0 Å². The van der Waals surface area contributed by atoms with Crippen LogP contribution in [0.25, 0.3) is 0 Å².